The first-order valence-electron chi connectivity index (χ1n) is 9.23. The molecule has 0 radical (unpaired) electrons. The molecule has 1 fully saturated rings. The van der Waals surface area contributed by atoms with Crippen molar-refractivity contribution in [1.82, 2.24) is 19.3 Å². The van der Waals surface area contributed by atoms with Crippen molar-refractivity contribution < 1.29 is 12.8 Å². The van der Waals surface area contributed by atoms with Gasteiger partial charge in [0.15, 0.2) is 0 Å². The van der Waals surface area contributed by atoms with Crippen LogP contribution in [0.15, 0.2) is 41.6 Å². The lowest BCUT2D eigenvalue weighted by molar-refractivity contribution is 0.582. The molecule has 1 aliphatic rings. The van der Waals surface area contributed by atoms with Crippen LogP contribution in [-0.2, 0) is 10.0 Å². The van der Waals surface area contributed by atoms with Crippen LogP contribution in [0.4, 0.5) is 10.1 Å². The van der Waals surface area contributed by atoms with Gasteiger partial charge in [-0.25, -0.2) is 21.8 Å². The number of rotatable bonds is 4. The SMILES string of the molecule is CC(C)c1nc2c(N3CCNCC3)cncc2n1S(=O)(=O)c1ccc(F)cc1. The summed E-state index contributed by atoms with van der Waals surface area (Å²) in [6.45, 7) is 7.10. The molecule has 28 heavy (non-hydrogen) atoms. The van der Waals surface area contributed by atoms with E-state index in [1.54, 1.807) is 6.20 Å². The van der Waals surface area contributed by atoms with E-state index in [9.17, 15) is 12.8 Å². The monoisotopic (exact) mass is 403 g/mol. The number of hydrogen-bond donors (Lipinski definition) is 1. The van der Waals surface area contributed by atoms with Gasteiger partial charge in [-0.1, -0.05) is 13.8 Å². The maximum atomic E-state index is 13.4. The first kappa shape index (κ1) is 18.8. The van der Waals surface area contributed by atoms with Gasteiger partial charge in [0.05, 0.1) is 23.0 Å². The molecule has 0 atom stereocenters. The first-order chi connectivity index (χ1) is 13.4. The average molecular weight is 403 g/mol. The molecular formula is C19H22FN5O2S. The quantitative estimate of drug-likeness (QED) is 0.720. The summed E-state index contributed by atoms with van der Waals surface area (Å²) < 4.78 is 41.3. The summed E-state index contributed by atoms with van der Waals surface area (Å²) in [4.78, 5) is 11.2. The average Bonchev–Trinajstić information content (AvgIpc) is 3.10. The van der Waals surface area contributed by atoms with Gasteiger partial charge in [-0.2, -0.15) is 0 Å². The second kappa shape index (κ2) is 7.14. The smallest absolute Gasteiger partial charge is 0.269 e. The van der Waals surface area contributed by atoms with E-state index in [1.807, 2.05) is 13.8 Å². The van der Waals surface area contributed by atoms with E-state index < -0.39 is 15.8 Å². The zero-order valence-corrected chi connectivity index (χ0v) is 16.6. The van der Waals surface area contributed by atoms with E-state index in [0.717, 1.165) is 44.0 Å². The van der Waals surface area contributed by atoms with Gasteiger partial charge in [-0.3, -0.25) is 4.98 Å². The van der Waals surface area contributed by atoms with Crippen molar-refractivity contribution in [3.8, 4) is 0 Å². The number of pyridine rings is 1. The topological polar surface area (TPSA) is 80.1 Å². The van der Waals surface area contributed by atoms with Crippen LogP contribution in [0, 0.1) is 5.82 Å². The van der Waals surface area contributed by atoms with Crippen molar-refractivity contribution in [3.05, 3.63) is 48.3 Å². The number of fused-ring (bicyclic) bond motifs is 1. The number of aromatic nitrogens is 3. The van der Waals surface area contributed by atoms with Crippen molar-refractivity contribution in [2.45, 2.75) is 24.7 Å². The van der Waals surface area contributed by atoms with E-state index in [-0.39, 0.29) is 10.8 Å². The Hall–Kier alpha value is -2.52. The van der Waals surface area contributed by atoms with Crippen LogP contribution in [0.5, 0.6) is 0 Å². The second-order valence-electron chi connectivity index (χ2n) is 7.11. The summed E-state index contributed by atoms with van der Waals surface area (Å²) >= 11 is 0. The Balaban J connectivity index is 1.95. The van der Waals surface area contributed by atoms with E-state index in [2.05, 4.69) is 15.2 Å². The molecule has 7 nitrogen and oxygen atoms in total. The number of anilines is 1. The normalized spacial score (nSPS) is 15.5. The molecular weight excluding hydrogens is 381 g/mol. The molecule has 0 aliphatic carbocycles. The maximum absolute atomic E-state index is 13.4. The van der Waals surface area contributed by atoms with Gasteiger partial charge in [0.25, 0.3) is 10.0 Å². The molecule has 0 amide bonds. The fourth-order valence-electron chi connectivity index (χ4n) is 3.44. The van der Waals surface area contributed by atoms with Crippen molar-refractivity contribution in [3.63, 3.8) is 0 Å². The Morgan fingerprint density at radius 2 is 1.79 bits per heavy atom. The number of imidazole rings is 1. The predicted molar refractivity (Wildman–Crippen MR) is 106 cm³/mol. The van der Waals surface area contributed by atoms with Gasteiger partial charge in [0.1, 0.15) is 22.7 Å². The molecule has 1 aliphatic heterocycles. The lowest BCUT2D eigenvalue weighted by atomic mass is 10.2. The molecule has 1 saturated heterocycles. The summed E-state index contributed by atoms with van der Waals surface area (Å²) in [7, 11) is -3.95. The van der Waals surface area contributed by atoms with E-state index in [0.29, 0.717) is 16.9 Å². The van der Waals surface area contributed by atoms with Crippen LogP contribution in [-0.4, -0.2) is 48.5 Å². The first-order valence-corrected chi connectivity index (χ1v) is 10.7. The molecule has 3 heterocycles. The van der Waals surface area contributed by atoms with Crippen molar-refractivity contribution in [2.24, 2.45) is 0 Å². The molecule has 3 aromatic rings. The molecule has 9 heteroatoms. The third kappa shape index (κ3) is 3.14. The summed E-state index contributed by atoms with van der Waals surface area (Å²) in [5.41, 5.74) is 1.88. The van der Waals surface area contributed by atoms with Crippen LogP contribution in [0.25, 0.3) is 11.0 Å². The predicted octanol–water partition coefficient (Wildman–Crippen LogP) is 2.34. The number of halogens is 1. The number of piperazine rings is 1. The minimum Gasteiger partial charge on any atom is -0.366 e. The van der Waals surface area contributed by atoms with Crippen molar-refractivity contribution in [1.29, 1.82) is 0 Å². The fraction of sp³-hybridized carbons (Fsp3) is 0.368. The van der Waals surface area contributed by atoms with E-state index in [4.69, 9.17) is 4.98 Å². The third-order valence-electron chi connectivity index (χ3n) is 4.86. The molecule has 1 aromatic carbocycles. The van der Waals surface area contributed by atoms with Gasteiger partial charge < -0.3 is 10.2 Å². The lowest BCUT2D eigenvalue weighted by Crippen LogP contribution is -2.43. The van der Waals surface area contributed by atoms with Crippen molar-refractivity contribution >= 4 is 26.7 Å². The van der Waals surface area contributed by atoms with Gasteiger partial charge in [-0.05, 0) is 24.3 Å². The number of hydrogen-bond acceptors (Lipinski definition) is 6. The van der Waals surface area contributed by atoms with E-state index in [1.165, 1.54) is 22.3 Å². The summed E-state index contributed by atoms with van der Waals surface area (Å²) in [5.74, 6) is -0.177. The zero-order chi connectivity index (χ0) is 19.9. The summed E-state index contributed by atoms with van der Waals surface area (Å²) in [5, 5.41) is 3.30. The summed E-state index contributed by atoms with van der Waals surface area (Å²) in [6, 6.07) is 4.83. The number of nitrogens with one attached hydrogen (secondary N) is 1. The van der Waals surface area contributed by atoms with Gasteiger partial charge in [-0.15, -0.1) is 0 Å². The van der Waals surface area contributed by atoms with Crippen LogP contribution in [0.1, 0.15) is 25.6 Å². The molecule has 4 rings (SSSR count). The fourth-order valence-corrected chi connectivity index (χ4v) is 5.03. The van der Waals surface area contributed by atoms with E-state index >= 15 is 0 Å². The van der Waals surface area contributed by atoms with Crippen molar-refractivity contribution in [2.75, 3.05) is 31.1 Å². The van der Waals surface area contributed by atoms with Gasteiger partial charge in [0, 0.05) is 32.1 Å². The standard InChI is InChI=1S/C19H22FN5O2S/c1-13(2)19-23-18-16(24-9-7-21-8-10-24)11-22-12-17(18)25(19)28(26,27)15-5-3-14(20)4-6-15/h3-6,11-13,21H,7-10H2,1-2H3. The highest BCUT2D eigenvalue weighted by Crippen LogP contribution is 2.32. The third-order valence-corrected chi connectivity index (χ3v) is 6.59. The molecule has 0 saturated carbocycles. The molecule has 148 valence electrons. The largest absolute Gasteiger partial charge is 0.366 e. The molecule has 1 N–H and O–H groups in total. The minimum absolute atomic E-state index is 0.0164. The molecule has 2 aromatic heterocycles. The maximum Gasteiger partial charge on any atom is 0.269 e. The second-order valence-corrected chi connectivity index (χ2v) is 8.90. The Morgan fingerprint density at radius 1 is 1.11 bits per heavy atom. The Morgan fingerprint density at radius 3 is 2.43 bits per heavy atom. The van der Waals surface area contributed by atoms with Gasteiger partial charge >= 0.3 is 0 Å². The minimum atomic E-state index is -3.95. The Labute approximate surface area is 163 Å². The molecule has 0 unspecified atom stereocenters. The molecule has 0 spiro atoms. The summed E-state index contributed by atoms with van der Waals surface area (Å²) in [6.07, 6.45) is 3.26. The number of nitrogens with zero attached hydrogens (tertiary/aromatic N) is 4. The highest BCUT2D eigenvalue weighted by molar-refractivity contribution is 7.90. The number of benzene rings is 1. The highest BCUT2D eigenvalue weighted by Gasteiger charge is 2.28. The Kier molecular flexibility index (Phi) is 4.80. The molecule has 0 bridgehead atoms. The van der Waals surface area contributed by atoms with Crippen LogP contribution in [0.2, 0.25) is 0 Å². The lowest BCUT2D eigenvalue weighted by Gasteiger charge is -2.29. The highest BCUT2D eigenvalue weighted by atomic mass is 32.2. The zero-order valence-electron chi connectivity index (χ0n) is 15.8. The van der Waals surface area contributed by atoms with Crippen LogP contribution < -0.4 is 10.2 Å². The van der Waals surface area contributed by atoms with Gasteiger partial charge in [0.2, 0.25) is 0 Å². The van der Waals surface area contributed by atoms with Crippen LogP contribution >= 0.6 is 0 Å². The Bertz CT molecular complexity index is 1100. The van der Waals surface area contributed by atoms with Crippen LogP contribution in [0.3, 0.4) is 0 Å².